The second-order valence-electron chi connectivity index (χ2n) is 4.72. The standard InChI is InChI=1S/C16H20N4O/c1-2-3-7-11-17-16(21)19-14-10-12-20(18-13-14)15-8-5-4-6-9-15/h4-6,8-10,12-13H,2-3,7,11H2,1H3,(H,17,21). The van der Waals surface area contributed by atoms with Crippen molar-refractivity contribution in [3.8, 4) is 5.69 Å². The third-order valence-corrected chi connectivity index (χ3v) is 3.01. The maximum atomic E-state index is 11.6. The molecule has 1 heterocycles. The van der Waals surface area contributed by atoms with Crippen LogP contribution in [0.2, 0.25) is 0 Å². The molecule has 0 aliphatic carbocycles. The third-order valence-electron chi connectivity index (χ3n) is 3.01. The minimum Gasteiger partial charge on any atom is -0.336 e. The first-order valence-electron chi connectivity index (χ1n) is 7.22. The first-order chi connectivity index (χ1) is 10.3. The van der Waals surface area contributed by atoms with Crippen LogP contribution in [-0.2, 0) is 0 Å². The molecular formula is C16H20N4O. The van der Waals surface area contributed by atoms with Crippen LogP contribution in [0.4, 0.5) is 4.79 Å². The van der Waals surface area contributed by atoms with Gasteiger partial charge in [0, 0.05) is 12.7 Å². The lowest BCUT2D eigenvalue weighted by atomic mass is 10.2. The quantitative estimate of drug-likeness (QED) is 0.858. The van der Waals surface area contributed by atoms with Crippen LogP contribution in [-0.4, -0.2) is 22.4 Å². The Kier molecular flexibility index (Phi) is 5.70. The van der Waals surface area contributed by atoms with Crippen LogP contribution in [0.25, 0.3) is 5.69 Å². The monoisotopic (exact) mass is 284 g/mol. The van der Waals surface area contributed by atoms with Crippen molar-refractivity contribution >= 4 is 6.03 Å². The van der Waals surface area contributed by atoms with Gasteiger partial charge in [0.1, 0.15) is 0 Å². The Morgan fingerprint density at radius 1 is 1.24 bits per heavy atom. The molecule has 0 bridgehead atoms. The highest BCUT2D eigenvalue weighted by Crippen LogP contribution is 2.02. The molecule has 1 aromatic heterocycles. The number of para-hydroxylation sites is 1. The highest BCUT2D eigenvalue weighted by atomic mass is 16.2. The minimum absolute atomic E-state index is 0.314. The van der Waals surface area contributed by atoms with E-state index in [4.69, 9.17) is 0 Å². The molecule has 1 N–H and O–H groups in total. The van der Waals surface area contributed by atoms with Gasteiger partial charge in [-0.05, 0) is 24.6 Å². The van der Waals surface area contributed by atoms with Crippen molar-refractivity contribution in [3.63, 3.8) is 0 Å². The van der Waals surface area contributed by atoms with E-state index in [1.807, 2.05) is 30.3 Å². The molecule has 2 aromatic rings. The van der Waals surface area contributed by atoms with E-state index < -0.39 is 0 Å². The molecule has 0 spiro atoms. The van der Waals surface area contributed by atoms with Crippen LogP contribution in [0.1, 0.15) is 26.2 Å². The van der Waals surface area contributed by atoms with Crippen LogP contribution < -0.4 is 10.7 Å². The summed E-state index contributed by atoms with van der Waals surface area (Å²) in [5, 5.41) is 7.58. The number of carbonyl (C=O) groups excluding carboxylic acids is 1. The molecule has 0 aliphatic heterocycles. The zero-order valence-electron chi connectivity index (χ0n) is 12.2. The number of unbranched alkanes of at least 4 members (excludes halogenated alkanes) is 2. The van der Waals surface area contributed by atoms with E-state index in [-0.39, 0.29) is 6.03 Å². The molecular weight excluding hydrogens is 264 g/mol. The Balaban J connectivity index is 1.98. The highest BCUT2D eigenvalue weighted by molar-refractivity contribution is 5.74. The topological polar surface area (TPSA) is 59.3 Å². The van der Waals surface area contributed by atoms with Gasteiger partial charge in [0.25, 0.3) is 0 Å². The highest BCUT2D eigenvalue weighted by Gasteiger charge is 1.97. The number of aromatic nitrogens is 2. The molecule has 0 atom stereocenters. The largest absolute Gasteiger partial charge is 0.341 e. The van der Waals surface area contributed by atoms with Gasteiger partial charge in [-0.25, -0.2) is 9.48 Å². The third kappa shape index (κ3) is 4.87. The summed E-state index contributed by atoms with van der Waals surface area (Å²) < 4.78 is 1.73. The summed E-state index contributed by atoms with van der Waals surface area (Å²) >= 11 is 0. The summed E-state index contributed by atoms with van der Waals surface area (Å²) in [6, 6.07) is 11.2. The molecule has 5 heteroatoms. The average molecular weight is 284 g/mol. The fourth-order valence-electron chi connectivity index (χ4n) is 1.88. The molecule has 110 valence electrons. The van der Waals surface area contributed by atoms with Crippen LogP contribution in [0.3, 0.4) is 0 Å². The summed E-state index contributed by atoms with van der Waals surface area (Å²) in [6.45, 7) is 2.80. The summed E-state index contributed by atoms with van der Waals surface area (Å²) in [6.07, 6.45) is 6.61. The number of amides is 2. The van der Waals surface area contributed by atoms with E-state index in [1.54, 1.807) is 23.1 Å². The zero-order valence-corrected chi connectivity index (χ0v) is 12.2. The molecule has 5 nitrogen and oxygen atoms in total. The van der Waals surface area contributed by atoms with Gasteiger partial charge in [0.2, 0.25) is 0 Å². The summed E-state index contributed by atoms with van der Waals surface area (Å²) in [7, 11) is 0. The predicted molar refractivity (Wildman–Crippen MR) is 82.1 cm³/mol. The lowest BCUT2D eigenvalue weighted by Gasteiger charge is -2.03. The number of hydrogen-bond donors (Lipinski definition) is 1. The smallest absolute Gasteiger partial charge is 0.336 e. The van der Waals surface area contributed by atoms with Gasteiger partial charge in [0.05, 0.1) is 17.2 Å². The number of hydrogen-bond acceptors (Lipinski definition) is 2. The van der Waals surface area contributed by atoms with Crippen molar-refractivity contribution in [1.29, 1.82) is 0 Å². The zero-order chi connectivity index (χ0) is 14.9. The SMILES string of the molecule is CCCCCNC(=O)N=c1ccn(-c2ccccc2)nc1. The average Bonchev–Trinajstić information content (AvgIpc) is 2.53. The van der Waals surface area contributed by atoms with E-state index in [0.29, 0.717) is 11.9 Å². The normalized spacial score (nSPS) is 11.4. The lowest BCUT2D eigenvalue weighted by Crippen LogP contribution is -2.23. The fraction of sp³-hybridized carbons (Fsp3) is 0.312. The molecule has 0 aliphatic rings. The number of nitrogens with zero attached hydrogens (tertiary/aromatic N) is 3. The van der Waals surface area contributed by atoms with Crippen molar-refractivity contribution in [1.82, 2.24) is 15.1 Å². The second kappa shape index (κ2) is 7.99. The van der Waals surface area contributed by atoms with Crippen LogP contribution in [0, 0.1) is 0 Å². The van der Waals surface area contributed by atoms with Crippen LogP contribution >= 0.6 is 0 Å². The van der Waals surface area contributed by atoms with E-state index in [2.05, 4.69) is 22.3 Å². The molecule has 0 fully saturated rings. The van der Waals surface area contributed by atoms with Gasteiger partial charge in [-0.15, -0.1) is 0 Å². The maximum absolute atomic E-state index is 11.6. The van der Waals surface area contributed by atoms with Gasteiger partial charge >= 0.3 is 6.03 Å². The maximum Gasteiger partial charge on any atom is 0.341 e. The van der Waals surface area contributed by atoms with Crippen LogP contribution in [0.15, 0.2) is 53.8 Å². The number of rotatable bonds is 5. The molecule has 21 heavy (non-hydrogen) atoms. The Labute approximate surface area is 124 Å². The number of nitrogens with one attached hydrogen (secondary N) is 1. The summed E-state index contributed by atoms with van der Waals surface area (Å²) in [4.78, 5) is 15.6. The van der Waals surface area contributed by atoms with Crippen molar-refractivity contribution in [2.75, 3.05) is 6.54 Å². The molecule has 0 saturated carbocycles. The molecule has 1 aromatic carbocycles. The van der Waals surface area contributed by atoms with Crippen LogP contribution in [0.5, 0.6) is 0 Å². The predicted octanol–water partition coefficient (Wildman–Crippen LogP) is 2.67. The lowest BCUT2D eigenvalue weighted by molar-refractivity contribution is 0.248. The minimum atomic E-state index is -0.314. The summed E-state index contributed by atoms with van der Waals surface area (Å²) in [5.74, 6) is 0. The Morgan fingerprint density at radius 3 is 2.71 bits per heavy atom. The van der Waals surface area contributed by atoms with Crippen molar-refractivity contribution < 1.29 is 4.79 Å². The van der Waals surface area contributed by atoms with Gasteiger partial charge in [-0.3, -0.25) is 0 Å². The van der Waals surface area contributed by atoms with Crippen molar-refractivity contribution in [2.24, 2.45) is 4.99 Å². The fourth-order valence-corrected chi connectivity index (χ4v) is 1.88. The Morgan fingerprint density at radius 2 is 2.05 bits per heavy atom. The van der Waals surface area contributed by atoms with E-state index >= 15 is 0 Å². The first kappa shape index (κ1) is 15.0. The molecule has 0 radical (unpaired) electrons. The molecule has 2 amide bonds. The summed E-state index contributed by atoms with van der Waals surface area (Å²) in [5.41, 5.74) is 0.966. The Hall–Kier alpha value is -2.43. The van der Waals surface area contributed by atoms with Gasteiger partial charge < -0.3 is 5.32 Å². The molecule has 0 unspecified atom stereocenters. The van der Waals surface area contributed by atoms with Crippen molar-refractivity contribution in [2.45, 2.75) is 26.2 Å². The molecule has 0 saturated heterocycles. The number of urea groups is 1. The Bertz CT molecular complexity index is 614. The van der Waals surface area contributed by atoms with Gasteiger partial charge in [-0.2, -0.15) is 10.1 Å². The van der Waals surface area contributed by atoms with E-state index in [0.717, 1.165) is 24.9 Å². The number of benzene rings is 1. The van der Waals surface area contributed by atoms with E-state index in [1.165, 1.54) is 0 Å². The van der Waals surface area contributed by atoms with E-state index in [9.17, 15) is 4.79 Å². The van der Waals surface area contributed by atoms with Gasteiger partial charge in [-0.1, -0.05) is 38.0 Å². The van der Waals surface area contributed by atoms with Gasteiger partial charge in [0.15, 0.2) is 0 Å². The first-order valence-corrected chi connectivity index (χ1v) is 7.22. The second-order valence-corrected chi connectivity index (χ2v) is 4.72. The number of carbonyl (C=O) groups is 1. The van der Waals surface area contributed by atoms with Crippen molar-refractivity contribution in [3.05, 3.63) is 54.1 Å². The molecule has 2 rings (SSSR count).